The third-order valence-corrected chi connectivity index (χ3v) is 9.15. The predicted octanol–water partition coefficient (Wildman–Crippen LogP) is 5.10. The number of nitrogens with one attached hydrogen (secondary N) is 1. The number of hydrogen-bond acceptors (Lipinski definition) is 8. The lowest BCUT2D eigenvalue weighted by Gasteiger charge is -2.10. The molecule has 14 heteroatoms. The number of hydrogen-bond donors (Lipinski definition) is 4. The molecule has 0 aliphatic heterocycles. The molecule has 2 aromatic carbocycles. The van der Waals surface area contributed by atoms with Gasteiger partial charge in [0.05, 0.1) is 33.0 Å². The van der Waals surface area contributed by atoms with Crippen LogP contribution in [0.5, 0.6) is 5.75 Å². The topological polar surface area (TPSA) is 198 Å². The van der Waals surface area contributed by atoms with Gasteiger partial charge in [0.25, 0.3) is 11.8 Å². The Kier molecular flexibility index (Phi) is 13.1. The molecule has 12 nitrogen and oxygen atoms in total. The fourth-order valence-electron chi connectivity index (χ4n) is 4.12. The zero-order valence-corrected chi connectivity index (χ0v) is 26.5. The number of aliphatic carboxylic acids is 2. The Bertz CT molecular complexity index is 1780. The van der Waals surface area contributed by atoms with E-state index in [9.17, 15) is 23.4 Å². The van der Waals surface area contributed by atoms with Gasteiger partial charge in [-0.15, -0.1) is 0 Å². The number of anilines is 2. The van der Waals surface area contributed by atoms with Gasteiger partial charge < -0.3 is 26.0 Å². The zero-order chi connectivity index (χ0) is 33.7. The van der Waals surface area contributed by atoms with Crippen molar-refractivity contribution in [1.29, 1.82) is 0 Å². The van der Waals surface area contributed by atoms with E-state index < -0.39 is 33.5 Å². The van der Waals surface area contributed by atoms with Gasteiger partial charge in [-0.25, -0.2) is 9.19 Å². The molecule has 5 N–H and O–H groups in total. The Labute approximate surface area is 271 Å². The number of rotatable bonds is 14. The summed E-state index contributed by atoms with van der Waals surface area (Å²) in [5.41, 5.74) is 7.48. The highest BCUT2D eigenvalue weighted by molar-refractivity contribution is 7.93. The van der Waals surface area contributed by atoms with Gasteiger partial charge in [-0.1, -0.05) is 29.5 Å². The van der Waals surface area contributed by atoms with Gasteiger partial charge in [-0.05, 0) is 68.1 Å². The van der Waals surface area contributed by atoms with Crippen LogP contribution in [0.25, 0.3) is 0 Å². The maximum absolute atomic E-state index is 13.6. The summed E-state index contributed by atoms with van der Waals surface area (Å²) in [7, 11) is -1.62. The van der Waals surface area contributed by atoms with Crippen molar-refractivity contribution < 1.29 is 38.3 Å². The number of methoxy groups -OCH3 is 1. The number of unbranched alkanes of at least 4 members (excludes halogenated alkanes) is 2. The second kappa shape index (κ2) is 17.0. The highest BCUT2D eigenvalue weighted by Crippen LogP contribution is 2.27. The van der Waals surface area contributed by atoms with E-state index in [-0.39, 0.29) is 67.0 Å². The van der Waals surface area contributed by atoms with Crippen molar-refractivity contribution in [1.82, 2.24) is 4.98 Å². The maximum Gasteiger partial charge on any atom is 0.303 e. The van der Waals surface area contributed by atoms with Crippen molar-refractivity contribution in [2.45, 2.75) is 38.5 Å². The first-order valence-electron chi connectivity index (χ1n) is 14.1. The van der Waals surface area contributed by atoms with Crippen molar-refractivity contribution >= 4 is 56.6 Å². The van der Waals surface area contributed by atoms with Crippen LogP contribution in [0.1, 0.15) is 70.4 Å². The molecule has 1 aromatic heterocycles. The van der Waals surface area contributed by atoms with Gasteiger partial charge in [0.15, 0.2) is 0 Å². The van der Waals surface area contributed by atoms with E-state index in [1.165, 1.54) is 19.4 Å². The average Bonchev–Trinajstić information content (AvgIpc) is 3.01. The average molecular weight is 669 g/mol. The van der Waals surface area contributed by atoms with Crippen LogP contribution in [0, 0.1) is 11.8 Å². The number of carboxylic acids is 2. The van der Waals surface area contributed by atoms with Gasteiger partial charge in [0.2, 0.25) is 0 Å². The van der Waals surface area contributed by atoms with Gasteiger partial charge in [-0.2, -0.15) is 4.36 Å². The molecule has 0 aliphatic carbocycles. The van der Waals surface area contributed by atoms with Crippen LogP contribution < -0.4 is 15.8 Å². The molecule has 46 heavy (non-hydrogen) atoms. The molecule has 242 valence electrons. The highest BCUT2D eigenvalue weighted by atomic mass is 35.5. The summed E-state index contributed by atoms with van der Waals surface area (Å²) in [6.07, 6.45) is 2.01. The molecule has 0 bridgehead atoms. The van der Waals surface area contributed by atoms with E-state index >= 15 is 0 Å². The summed E-state index contributed by atoms with van der Waals surface area (Å²) >= 11 is 6.14. The monoisotopic (exact) mass is 668 g/mol. The molecule has 0 saturated heterocycles. The van der Waals surface area contributed by atoms with Gasteiger partial charge in [0.1, 0.15) is 11.6 Å². The summed E-state index contributed by atoms with van der Waals surface area (Å²) in [5, 5.41) is 20.9. The summed E-state index contributed by atoms with van der Waals surface area (Å²) < 4.78 is 22.7. The first kappa shape index (κ1) is 35.5. The quantitative estimate of drug-likeness (QED) is 0.132. The van der Waals surface area contributed by atoms with E-state index in [0.717, 1.165) is 0 Å². The molecule has 0 radical (unpaired) electrons. The third-order valence-electron chi connectivity index (χ3n) is 6.50. The highest BCUT2D eigenvalue weighted by Gasteiger charge is 2.16. The number of nitrogens with zero attached hydrogens (tertiary/aromatic N) is 2. The van der Waals surface area contributed by atoms with Crippen LogP contribution in [-0.2, 0) is 19.3 Å². The number of pyridine rings is 1. The molecule has 0 atom stereocenters. The van der Waals surface area contributed by atoms with E-state index in [0.29, 0.717) is 27.6 Å². The van der Waals surface area contributed by atoms with Gasteiger partial charge in [-0.3, -0.25) is 19.2 Å². The molecule has 0 fully saturated rings. The normalized spacial score (nSPS) is 10.7. The Morgan fingerprint density at radius 3 is 2.24 bits per heavy atom. The molecule has 2 amide bonds. The number of ether oxygens (including phenoxy) is 1. The number of nitrogens with two attached hydrogens (primary N) is 1. The largest absolute Gasteiger partial charge is 0.495 e. The molecule has 3 rings (SSSR count). The number of aromatic nitrogens is 1. The minimum atomic E-state index is -3.11. The number of benzene rings is 2. The number of carbonyl (C=O) groups is 4. The number of carboxylic acid groups (broad SMARTS) is 2. The van der Waals surface area contributed by atoms with Crippen LogP contribution in [0.4, 0.5) is 11.5 Å². The maximum atomic E-state index is 13.6. The third kappa shape index (κ3) is 11.2. The standard InChI is InChI=1S/C32H33ClN4O8S/c1-45-27-14-13-25(19-26(27)33)36-31(42)23-8-6-7-21(17-23)11-12-22-18-24(20-35-30(22)34)32(43)37-46(44,15-4-2-9-28(38)39)16-5-3-10-29(40)41/h6-8,13-14,17-20H,2-5,9-10,15-16H2,1H3,(H2,34,35)(H,36,42)(H,38,39)(H,40,41). The van der Waals surface area contributed by atoms with E-state index in [4.69, 9.17) is 32.3 Å². The van der Waals surface area contributed by atoms with Crippen molar-refractivity contribution in [3.05, 3.63) is 82.0 Å². The lowest BCUT2D eigenvalue weighted by molar-refractivity contribution is -0.138. The number of carbonyl (C=O) groups excluding carboxylic acids is 2. The first-order valence-corrected chi connectivity index (χ1v) is 16.3. The molecule has 0 spiro atoms. The predicted molar refractivity (Wildman–Crippen MR) is 175 cm³/mol. The lowest BCUT2D eigenvalue weighted by Crippen LogP contribution is -2.15. The summed E-state index contributed by atoms with van der Waals surface area (Å²) in [4.78, 5) is 51.6. The molecular formula is C32H33ClN4O8S. The summed E-state index contributed by atoms with van der Waals surface area (Å²) in [5.74, 6) is 3.06. The SMILES string of the molecule is COc1ccc(NC(=O)c2cccc(C#Cc3cc(C(=O)N=S(=O)(CCCCC(=O)O)CCCCC(=O)O)cnc3N)c2)cc1Cl. The van der Waals surface area contributed by atoms with Crippen LogP contribution in [0.2, 0.25) is 5.02 Å². The van der Waals surface area contributed by atoms with E-state index in [2.05, 4.69) is 26.5 Å². The number of halogens is 1. The Morgan fingerprint density at radius 1 is 0.957 bits per heavy atom. The lowest BCUT2D eigenvalue weighted by atomic mass is 10.1. The fraction of sp³-hybridized carbons (Fsp3) is 0.281. The van der Waals surface area contributed by atoms with Crippen molar-refractivity contribution in [3.63, 3.8) is 0 Å². The molecule has 3 aromatic rings. The van der Waals surface area contributed by atoms with Crippen LogP contribution in [0.15, 0.2) is 59.1 Å². The van der Waals surface area contributed by atoms with Crippen LogP contribution in [0.3, 0.4) is 0 Å². The molecule has 0 saturated carbocycles. The smallest absolute Gasteiger partial charge is 0.303 e. The second-order valence-corrected chi connectivity index (χ2v) is 13.0. The Hall–Kier alpha value is -4.93. The van der Waals surface area contributed by atoms with Crippen molar-refractivity contribution in [2.75, 3.05) is 29.7 Å². The minimum Gasteiger partial charge on any atom is -0.495 e. The summed E-state index contributed by atoms with van der Waals surface area (Å²) in [6.45, 7) is 0. The van der Waals surface area contributed by atoms with Gasteiger partial charge in [0, 0.05) is 47.4 Å². The zero-order valence-electron chi connectivity index (χ0n) is 25.0. The van der Waals surface area contributed by atoms with Crippen LogP contribution in [-0.4, -0.2) is 61.8 Å². The molecular weight excluding hydrogens is 636 g/mol. The van der Waals surface area contributed by atoms with E-state index in [1.54, 1.807) is 42.5 Å². The second-order valence-electron chi connectivity index (χ2n) is 10.1. The first-order chi connectivity index (χ1) is 21.9. The van der Waals surface area contributed by atoms with Crippen molar-refractivity contribution in [3.8, 4) is 17.6 Å². The van der Waals surface area contributed by atoms with E-state index in [1.807, 2.05) is 0 Å². The molecule has 1 heterocycles. The number of amides is 2. The Balaban J connectivity index is 1.80. The fourth-order valence-corrected chi connectivity index (χ4v) is 6.48. The molecule has 0 unspecified atom stereocenters. The molecule has 0 aliphatic rings. The van der Waals surface area contributed by atoms with Gasteiger partial charge >= 0.3 is 11.9 Å². The van der Waals surface area contributed by atoms with Crippen LogP contribution >= 0.6 is 11.6 Å². The minimum absolute atomic E-state index is 0.00595. The summed E-state index contributed by atoms with van der Waals surface area (Å²) in [6, 6.07) is 12.8. The van der Waals surface area contributed by atoms with Crippen molar-refractivity contribution in [2.24, 2.45) is 4.36 Å². The Morgan fingerprint density at radius 2 is 1.63 bits per heavy atom. The number of nitrogen functional groups attached to an aromatic ring is 1.